The van der Waals surface area contributed by atoms with Gasteiger partial charge in [0.2, 0.25) is 0 Å². The third-order valence-electron chi connectivity index (χ3n) is 3.09. The van der Waals surface area contributed by atoms with Crippen LogP contribution in [0.2, 0.25) is 0 Å². The molecule has 1 amide bonds. The minimum Gasteiger partial charge on any atom is -0.321 e. The van der Waals surface area contributed by atoms with Gasteiger partial charge < -0.3 is 5.32 Å². The van der Waals surface area contributed by atoms with E-state index >= 15 is 0 Å². The van der Waals surface area contributed by atoms with Crippen molar-refractivity contribution in [2.45, 2.75) is 6.92 Å². The molecule has 0 heterocycles. The lowest BCUT2D eigenvalue weighted by molar-refractivity contribution is -0.384. The van der Waals surface area contributed by atoms with Gasteiger partial charge in [-0.25, -0.2) is 0 Å². The molecule has 2 aromatic carbocycles. The molecule has 1 N–H and O–H groups in total. The predicted molar refractivity (Wildman–Crippen MR) is 86.5 cm³/mol. The van der Waals surface area contributed by atoms with E-state index in [1.165, 1.54) is 30.3 Å². The summed E-state index contributed by atoms with van der Waals surface area (Å²) in [6, 6.07) is 14.6. The molecule has 2 aromatic rings. The number of carbonyl (C=O) groups is 1. The fourth-order valence-electron chi connectivity index (χ4n) is 1.84. The van der Waals surface area contributed by atoms with E-state index < -0.39 is 10.8 Å². The summed E-state index contributed by atoms with van der Waals surface area (Å²) in [4.78, 5) is 22.2. The van der Waals surface area contributed by atoms with Crippen molar-refractivity contribution in [3.8, 4) is 6.07 Å². The maximum Gasteiger partial charge on any atom is 0.269 e. The number of anilines is 1. The third-order valence-corrected chi connectivity index (χ3v) is 3.09. The zero-order valence-corrected chi connectivity index (χ0v) is 12.3. The van der Waals surface area contributed by atoms with E-state index in [9.17, 15) is 14.9 Å². The highest BCUT2D eigenvalue weighted by atomic mass is 16.6. The van der Waals surface area contributed by atoms with Gasteiger partial charge in [0.25, 0.3) is 11.6 Å². The summed E-state index contributed by atoms with van der Waals surface area (Å²) < 4.78 is 0. The average molecular weight is 307 g/mol. The molecule has 0 saturated heterocycles. The Kier molecular flexibility index (Phi) is 4.85. The summed E-state index contributed by atoms with van der Waals surface area (Å²) in [6.07, 6.45) is 1.38. The Balaban J connectivity index is 2.17. The van der Waals surface area contributed by atoms with Gasteiger partial charge in [-0.3, -0.25) is 14.9 Å². The number of amides is 1. The van der Waals surface area contributed by atoms with E-state index in [2.05, 4.69) is 5.32 Å². The number of carbonyl (C=O) groups excluding carboxylic acids is 1. The van der Waals surface area contributed by atoms with E-state index in [-0.39, 0.29) is 11.3 Å². The minimum absolute atomic E-state index is 0.0511. The Labute approximate surface area is 132 Å². The number of hydrogen-bond donors (Lipinski definition) is 1. The Morgan fingerprint density at radius 3 is 2.30 bits per heavy atom. The van der Waals surface area contributed by atoms with Crippen molar-refractivity contribution >= 4 is 23.4 Å². The van der Waals surface area contributed by atoms with Gasteiger partial charge in [0.15, 0.2) is 0 Å². The third kappa shape index (κ3) is 4.25. The van der Waals surface area contributed by atoms with Crippen LogP contribution in [0.3, 0.4) is 0 Å². The molecular formula is C17H13N3O3. The lowest BCUT2D eigenvalue weighted by Gasteiger charge is -2.04. The predicted octanol–water partition coefficient (Wildman–Crippen LogP) is 3.45. The molecule has 0 atom stereocenters. The molecule has 0 bridgehead atoms. The smallest absolute Gasteiger partial charge is 0.269 e. The summed E-state index contributed by atoms with van der Waals surface area (Å²) in [5.41, 5.74) is 2.05. The van der Waals surface area contributed by atoms with E-state index in [1.54, 1.807) is 12.1 Å². The van der Waals surface area contributed by atoms with Gasteiger partial charge in [0, 0.05) is 17.8 Å². The Morgan fingerprint density at radius 1 is 1.17 bits per heavy atom. The molecule has 23 heavy (non-hydrogen) atoms. The highest BCUT2D eigenvalue weighted by Crippen LogP contribution is 2.15. The van der Waals surface area contributed by atoms with Crippen molar-refractivity contribution in [2.75, 3.05) is 5.32 Å². The maximum absolute atomic E-state index is 12.1. The van der Waals surface area contributed by atoms with Crippen molar-refractivity contribution in [1.82, 2.24) is 0 Å². The quantitative estimate of drug-likeness (QED) is 0.405. The van der Waals surface area contributed by atoms with Crippen molar-refractivity contribution in [1.29, 1.82) is 5.26 Å². The molecule has 114 valence electrons. The first-order valence-corrected chi connectivity index (χ1v) is 6.74. The van der Waals surface area contributed by atoms with Gasteiger partial charge in [-0.2, -0.15) is 5.26 Å². The number of benzene rings is 2. The van der Waals surface area contributed by atoms with Crippen LogP contribution in [-0.4, -0.2) is 10.8 Å². The van der Waals surface area contributed by atoms with Gasteiger partial charge in [-0.15, -0.1) is 0 Å². The topological polar surface area (TPSA) is 96.0 Å². The molecular weight excluding hydrogens is 294 g/mol. The Hall–Kier alpha value is -3.46. The summed E-state index contributed by atoms with van der Waals surface area (Å²) in [5, 5.41) is 22.4. The van der Waals surface area contributed by atoms with Crippen LogP contribution in [0.25, 0.3) is 6.08 Å². The van der Waals surface area contributed by atoms with Gasteiger partial charge in [-0.05, 0) is 42.8 Å². The van der Waals surface area contributed by atoms with Gasteiger partial charge in [0.05, 0.1) is 4.92 Å². The van der Waals surface area contributed by atoms with Crippen molar-refractivity contribution in [2.24, 2.45) is 0 Å². The van der Waals surface area contributed by atoms with Crippen molar-refractivity contribution < 1.29 is 9.72 Å². The molecule has 6 nitrogen and oxygen atoms in total. The Bertz CT molecular complexity index is 800. The van der Waals surface area contributed by atoms with Gasteiger partial charge >= 0.3 is 0 Å². The number of nitrogens with zero attached hydrogens (tertiary/aromatic N) is 2. The molecule has 0 aliphatic carbocycles. The number of aryl methyl sites for hydroxylation is 1. The summed E-state index contributed by atoms with van der Waals surface area (Å²) in [7, 11) is 0. The lowest BCUT2D eigenvalue weighted by Crippen LogP contribution is -2.13. The average Bonchev–Trinajstić information content (AvgIpc) is 2.55. The molecule has 2 rings (SSSR count). The number of nitrogens with one attached hydrogen (secondary N) is 1. The van der Waals surface area contributed by atoms with Crippen molar-refractivity contribution in [3.63, 3.8) is 0 Å². The molecule has 6 heteroatoms. The number of rotatable bonds is 4. The van der Waals surface area contributed by atoms with Gasteiger partial charge in [-0.1, -0.05) is 17.7 Å². The number of nitro groups is 1. The van der Waals surface area contributed by atoms with Crippen LogP contribution in [0.5, 0.6) is 0 Å². The fraction of sp³-hybridized carbons (Fsp3) is 0.0588. The second-order valence-electron chi connectivity index (χ2n) is 4.84. The second kappa shape index (κ2) is 7.00. The summed E-state index contributed by atoms with van der Waals surface area (Å²) in [5.74, 6) is -0.533. The first kappa shape index (κ1) is 15.9. The fourth-order valence-corrected chi connectivity index (χ4v) is 1.84. The minimum atomic E-state index is -0.533. The van der Waals surface area contributed by atoms with Crippen LogP contribution in [0.15, 0.2) is 54.1 Å². The normalized spacial score (nSPS) is 10.7. The molecule has 0 saturated carbocycles. The van der Waals surface area contributed by atoms with Crippen LogP contribution in [0.1, 0.15) is 11.1 Å². The molecule has 0 aromatic heterocycles. The molecule has 0 aliphatic heterocycles. The van der Waals surface area contributed by atoms with Crippen LogP contribution >= 0.6 is 0 Å². The highest BCUT2D eigenvalue weighted by molar-refractivity contribution is 6.09. The van der Waals surface area contributed by atoms with E-state index in [0.29, 0.717) is 11.3 Å². The second-order valence-corrected chi connectivity index (χ2v) is 4.84. The molecule has 0 aliphatic rings. The lowest BCUT2D eigenvalue weighted by atomic mass is 10.1. The van der Waals surface area contributed by atoms with Crippen molar-refractivity contribution in [3.05, 3.63) is 75.3 Å². The monoisotopic (exact) mass is 307 g/mol. The van der Waals surface area contributed by atoms with Crippen LogP contribution < -0.4 is 5.32 Å². The van der Waals surface area contributed by atoms with Crippen LogP contribution in [0.4, 0.5) is 11.4 Å². The SMILES string of the molecule is Cc1ccc(NC(=O)/C(C#N)=C/c2ccc([N+](=O)[O-])cc2)cc1. The molecule has 0 radical (unpaired) electrons. The first-order valence-electron chi connectivity index (χ1n) is 6.74. The largest absolute Gasteiger partial charge is 0.321 e. The van der Waals surface area contributed by atoms with E-state index in [1.807, 2.05) is 25.1 Å². The molecule has 0 fully saturated rings. The zero-order valence-electron chi connectivity index (χ0n) is 12.3. The molecule has 0 spiro atoms. The maximum atomic E-state index is 12.1. The summed E-state index contributed by atoms with van der Waals surface area (Å²) >= 11 is 0. The number of nitro benzene ring substituents is 1. The Morgan fingerprint density at radius 2 is 1.78 bits per heavy atom. The highest BCUT2D eigenvalue weighted by Gasteiger charge is 2.10. The van der Waals surface area contributed by atoms with E-state index in [0.717, 1.165) is 5.56 Å². The number of nitriles is 1. The zero-order chi connectivity index (χ0) is 16.8. The van der Waals surface area contributed by atoms with Crippen LogP contribution in [-0.2, 0) is 4.79 Å². The number of hydrogen-bond acceptors (Lipinski definition) is 4. The summed E-state index contributed by atoms with van der Waals surface area (Å²) in [6.45, 7) is 1.93. The van der Waals surface area contributed by atoms with Crippen LogP contribution in [0, 0.1) is 28.4 Å². The van der Waals surface area contributed by atoms with E-state index in [4.69, 9.17) is 5.26 Å². The molecule has 0 unspecified atom stereocenters. The standard InChI is InChI=1S/C17H13N3O3/c1-12-2-6-15(7-3-12)19-17(21)14(11-18)10-13-4-8-16(9-5-13)20(22)23/h2-10H,1H3,(H,19,21)/b14-10+. The number of non-ortho nitro benzene ring substituents is 1. The first-order chi connectivity index (χ1) is 11.0. The van der Waals surface area contributed by atoms with Gasteiger partial charge in [0.1, 0.15) is 11.6 Å².